The highest BCUT2D eigenvalue weighted by atomic mass is 19.1. The molecule has 0 amide bonds. The van der Waals surface area contributed by atoms with Crippen LogP contribution in [0.2, 0.25) is 0 Å². The number of hydrogen-bond acceptors (Lipinski definition) is 3. The first-order chi connectivity index (χ1) is 10.5. The van der Waals surface area contributed by atoms with Gasteiger partial charge in [0.15, 0.2) is 0 Å². The van der Waals surface area contributed by atoms with Gasteiger partial charge in [-0.05, 0) is 31.2 Å². The molecular weight excluding hydrogens is 284 g/mol. The lowest BCUT2D eigenvalue weighted by Crippen LogP contribution is -2.22. The van der Waals surface area contributed by atoms with Crippen LogP contribution in [-0.4, -0.2) is 28.5 Å². The Morgan fingerprint density at radius 3 is 2.68 bits per heavy atom. The fraction of sp³-hybridized carbons (Fsp3) is 0.235. The maximum absolute atomic E-state index is 14.2. The smallest absolute Gasteiger partial charge is 0.138 e. The minimum Gasteiger partial charge on any atom is -0.362 e. The molecule has 0 bridgehead atoms. The topological polar surface area (TPSA) is 19.4 Å². The molecule has 0 saturated heterocycles. The van der Waals surface area contributed by atoms with E-state index in [9.17, 15) is 8.78 Å². The summed E-state index contributed by atoms with van der Waals surface area (Å²) < 4.78 is 27.6. The predicted octanol–water partition coefficient (Wildman–Crippen LogP) is 3.51. The fourth-order valence-electron chi connectivity index (χ4n) is 2.48. The Hall–Kier alpha value is -2.43. The van der Waals surface area contributed by atoms with Crippen LogP contribution in [0.15, 0.2) is 42.7 Å². The van der Waals surface area contributed by atoms with E-state index >= 15 is 0 Å². The van der Waals surface area contributed by atoms with Crippen LogP contribution in [-0.2, 0) is 6.54 Å². The van der Waals surface area contributed by atoms with Crippen molar-refractivity contribution in [2.24, 2.45) is 0 Å². The summed E-state index contributed by atoms with van der Waals surface area (Å²) in [5.74, 6) is -1.09. The van der Waals surface area contributed by atoms with Crippen molar-refractivity contribution >= 4 is 0 Å². The van der Waals surface area contributed by atoms with Crippen LogP contribution in [0, 0.1) is 18.6 Å². The second kappa shape index (κ2) is 5.75. The second-order valence-electron chi connectivity index (χ2n) is 5.49. The molecule has 3 rings (SSSR count). The Morgan fingerprint density at radius 2 is 1.95 bits per heavy atom. The summed E-state index contributed by atoms with van der Waals surface area (Å²) in [5.41, 5.74) is 1.72. The van der Waals surface area contributed by atoms with Gasteiger partial charge < -0.3 is 9.80 Å². The average molecular weight is 301 g/mol. The summed E-state index contributed by atoms with van der Waals surface area (Å²) in [6, 6.07) is 8.21. The molecule has 0 aliphatic carbocycles. The van der Waals surface area contributed by atoms with Crippen LogP contribution >= 0.6 is 0 Å². The lowest BCUT2D eigenvalue weighted by Gasteiger charge is -2.18. The highest BCUT2D eigenvalue weighted by molar-refractivity contribution is 5.61. The lowest BCUT2D eigenvalue weighted by atomic mass is 10.1. The monoisotopic (exact) mass is 301 g/mol. The van der Waals surface area contributed by atoms with Crippen molar-refractivity contribution < 1.29 is 8.78 Å². The first-order valence-electron chi connectivity index (χ1n) is 7.08. The molecule has 5 heteroatoms. The van der Waals surface area contributed by atoms with Gasteiger partial charge in [-0.1, -0.05) is 6.07 Å². The number of nitrogens with zero attached hydrogens (tertiary/aromatic N) is 3. The molecule has 0 fully saturated rings. The third-order valence-electron chi connectivity index (χ3n) is 3.70. The molecule has 2 heterocycles. The summed E-state index contributed by atoms with van der Waals surface area (Å²) in [4.78, 5) is 8.68. The molecule has 22 heavy (non-hydrogen) atoms. The van der Waals surface area contributed by atoms with E-state index in [0.717, 1.165) is 12.4 Å². The van der Waals surface area contributed by atoms with Crippen LogP contribution in [0.5, 0.6) is 0 Å². The number of aromatic nitrogens is 1. The summed E-state index contributed by atoms with van der Waals surface area (Å²) in [6.07, 6.45) is 3.99. The SMILES string of the molecule is Cc1c(F)ccc(-c2cccc(CN3C=CN(C)C3)n2)c1F. The van der Waals surface area contributed by atoms with Crippen LogP contribution in [0.25, 0.3) is 11.3 Å². The van der Waals surface area contributed by atoms with Gasteiger partial charge in [0.1, 0.15) is 11.6 Å². The highest BCUT2D eigenvalue weighted by Gasteiger charge is 2.14. The normalized spacial score (nSPS) is 14.0. The molecule has 0 spiro atoms. The van der Waals surface area contributed by atoms with Gasteiger partial charge in [0, 0.05) is 30.6 Å². The Balaban J connectivity index is 1.88. The van der Waals surface area contributed by atoms with E-state index in [1.165, 1.54) is 19.1 Å². The number of hydrogen-bond donors (Lipinski definition) is 0. The van der Waals surface area contributed by atoms with Gasteiger partial charge in [-0.3, -0.25) is 4.98 Å². The zero-order chi connectivity index (χ0) is 15.7. The third kappa shape index (κ3) is 2.79. The Labute approximate surface area is 128 Å². The quantitative estimate of drug-likeness (QED) is 0.865. The van der Waals surface area contributed by atoms with Crippen molar-refractivity contribution in [1.29, 1.82) is 0 Å². The zero-order valence-corrected chi connectivity index (χ0v) is 12.6. The first-order valence-corrected chi connectivity index (χ1v) is 7.08. The van der Waals surface area contributed by atoms with Gasteiger partial charge in [-0.15, -0.1) is 0 Å². The van der Waals surface area contributed by atoms with Gasteiger partial charge >= 0.3 is 0 Å². The van der Waals surface area contributed by atoms with E-state index in [2.05, 4.69) is 14.8 Å². The zero-order valence-electron chi connectivity index (χ0n) is 12.6. The van der Waals surface area contributed by atoms with E-state index < -0.39 is 11.6 Å². The summed E-state index contributed by atoms with van der Waals surface area (Å²) in [7, 11) is 2.00. The van der Waals surface area contributed by atoms with E-state index in [4.69, 9.17) is 0 Å². The van der Waals surface area contributed by atoms with Crippen LogP contribution < -0.4 is 0 Å². The lowest BCUT2D eigenvalue weighted by molar-refractivity contribution is 0.288. The Kier molecular flexibility index (Phi) is 3.79. The molecule has 0 unspecified atom stereocenters. The molecule has 1 aromatic carbocycles. The molecule has 0 radical (unpaired) electrons. The third-order valence-corrected chi connectivity index (χ3v) is 3.70. The van der Waals surface area contributed by atoms with Crippen LogP contribution in [0.4, 0.5) is 8.78 Å². The highest BCUT2D eigenvalue weighted by Crippen LogP contribution is 2.25. The van der Waals surface area contributed by atoms with E-state index in [1.54, 1.807) is 6.07 Å². The molecule has 0 atom stereocenters. The van der Waals surface area contributed by atoms with Crippen LogP contribution in [0.3, 0.4) is 0 Å². The molecule has 0 saturated carbocycles. The van der Waals surface area contributed by atoms with Gasteiger partial charge in [-0.2, -0.15) is 0 Å². The summed E-state index contributed by atoms with van der Waals surface area (Å²) >= 11 is 0. The van der Waals surface area contributed by atoms with Gasteiger partial charge in [0.2, 0.25) is 0 Å². The standard InChI is InChI=1S/C17H17F2N3/c1-12-15(18)7-6-14(17(12)19)16-5-3-4-13(20-16)10-22-9-8-21(2)11-22/h3-9H,10-11H2,1-2H3. The summed E-state index contributed by atoms with van der Waals surface area (Å²) in [5, 5.41) is 0. The number of rotatable bonds is 3. The summed E-state index contributed by atoms with van der Waals surface area (Å²) in [6.45, 7) is 2.88. The fourth-order valence-corrected chi connectivity index (χ4v) is 2.48. The van der Waals surface area contributed by atoms with Crippen molar-refractivity contribution in [3.8, 4) is 11.3 Å². The Morgan fingerprint density at radius 1 is 1.14 bits per heavy atom. The number of benzene rings is 1. The van der Waals surface area contributed by atoms with Crippen molar-refractivity contribution in [2.75, 3.05) is 13.7 Å². The van der Waals surface area contributed by atoms with E-state index in [-0.39, 0.29) is 5.56 Å². The largest absolute Gasteiger partial charge is 0.362 e. The molecule has 114 valence electrons. The predicted molar refractivity (Wildman–Crippen MR) is 81.6 cm³/mol. The van der Waals surface area contributed by atoms with Crippen LogP contribution in [0.1, 0.15) is 11.3 Å². The van der Waals surface area contributed by atoms with Gasteiger partial charge in [0.05, 0.1) is 24.6 Å². The molecule has 2 aromatic rings. The molecule has 1 aliphatic rings. The molecule has 0 N–H and O–H groups in total. The minimum absolute atomic E-state index is 0.0220. The van der Waals surface area contributed by atoms with Gasteiger partial charge in [-0.25, -0.2) is 8.78 Å². The van der Waals surface area contributed by atoms with Crippen molar-refractivity contribution in [3.05, 3.63) is 65.6 Å². The van der Waals surface area contributed by atoms with Crippen molar-refractivity contribution in [3.63, 3.8) is 0 Å². The average Bonchev–Trinajstić information content (AvgIpc) is 2.90. The molecule has 3 nitrogen and oxygen atoms in total. The molecular formula is C17H17F2N3. The minimum atomic E-state index is -0.551. The van der Waals surface area contributed by atoms with Crippen molar-refractivity contribution in [1.82, 2.24) is 14.8 Å². The maximum atomic E-state index is 14.2. The molecule has 1 aliphatic heterocycles. The van der Waals surface area contributed by atoms with E-state index in [1.807, 2.05) is 31.6 Å². The van der Waals surface area contributed by atoms with Crippen molar-refractivity contribution in [2.45, 2.75) is 13.5 Å². The first kappa shape index (κ1) is 14.5. The van der Waals surface area contributed by atoms with E-state index in [0.29, 0.717) is 17.8 Å². The molecule has 1 aromatic heterocycles. The number of pyridine rings is 1. The Bertz CT molecular complexity index is 728. The van der Waals surface area contributed by atoms with Gasteiger partial charge in [0.25, 0.3) is 0 Å². The number of halogens is 2. The second-order valence-corrected chi connectivity index (χ2v) is 5.49. The maximum Gasteiger partial charge on any atom is 0.138 e.